The fourth-order valence-electron chi connectivity index (χ4n) is 7.87. The summed E-state index contributed by atoms with van der Waals surface area (Å²) in [5.41, 5.74) is -7.21. The van der Waals surface area contributed by atoms with Crippen LogP contribution in [0.5, 0.6) is 0 Å². The van der Waals surface area contributed by atoms with Crippen molar-refractivity contribution in [3.8, 4) is 0 Å². The Labute approximate surface area is 225 Å². The Morgan fingerprint density at radius 1 is 1.10 bits per heavy atom. The lowest BCUT2D eigenvalue weighted by molar-refractivity contribution is -0.223. The standard InChI is InChI=1S/C29H33FO9/c1-6-26-11-10-20(34)12-19(26)8-9-21-22-13-25(38-17(4)32)29(39-18(5)33,24(36)15-37-16(3)31)27(22,7-2)14-23(35)28(21,26)30/h6-7,10-12,21-23,25,35H,1-2,8-9,13-15H2,3-5H3. The molecule has 0 heterocycles. The van der Waals surface area contributed by atoms with E-state index in [4.69, 9.17) is 14.2 Å². The van der Waals surface area contributed by atoms with Crippen LogP contribution in [0.15, 0.2) is 49.1 Å². The van der Waals surface area contributed by atoms with Crippen LogP contribution in [-0.2, 0) is 38.2 Å². The molecule has 4 aliphatic rings. The van der Waals surface area contributed by atoms with E-state index in [1.54, 1.807) is 0 Å². The van der Waals surface area contributed by atoms with E-state index in [0.717, 1.165) is 20.8 Å². The van der Waals surface area contributed by atoms with Crippen LogP contribution >= 0.6 is 0 Å². The number of rotatable bonds is 7. The molecule has 4 aliphatic carbocycles. The van der Waals surface area contributed by atoms with Crippen molar-refractivity contribution in [2.24, 2.45) is 22.7 Å². The van der Waals surface area contributed by atoms with Gasteiger partial charge in [0.2, 0.25) is 11.4 Å². The molecule has 3 saturated carbocycles. The molecule has 210 valence electrons. The zero-order valence-electron chi connectivity index (χ0n) is 22.2. The molecule has 3 fully saturated rings. The highest BCUT2D eigenvalue weighted by atomic mass is 19.1. The van der Waals surface area contributed by atoms with Crippen molar-refractivity contribution in [1.29, 1.82) is 0 Å². The fraction of sp³-hybridized carbons (Fsp3) is 0.552. The molecule has 1 N–H and O–H groups in total. The molecule has 0 aromatic carbocycles. The molecule has 0 amide bonds. The summed E-state index contributed by atoms with van der Waals surface area (Å²) in [4.78, 5) is 62.3. The predicted octanol–water partition coefficient (Wildman–Crippen LogP) is 2.67. The highest BCUT2D eigenvalue weighted by molar-refractivity contribution is 6.01. The first-order chi connectivity index (χ1) is 18.3. The normalized spacial score (nSPS) is 40.2. The van der Waals surface area contributed by atoms with Gasteiger partial charge in [0.1, 0.15) is 6.10 Å². The Morgan fingerprint density at radius 3 is 2.36 bits per heavy atom. The SMILES string of the molecule is C=CC12C=CC(=O)C=C1CCC1C3CC(OC(C)=O)C(OC(C)=O)(C(=O)COC(C)=O)C3(C=C)CC(O)C12F. The molecule has 0 saturated heterocycles. The Bertz CT molecular complexity index is 1220. The summed E-state index contributed by atoms with van der Waals surface area (Å²) >= 11 is 0. The number of allylic oxidation sites excluding steroid dienone is 5. The summed E-state index contributed by atoms with van der Waals surface area (Å²) in [5, 5.41) is 11.7. The summed E-state index contributed by atoms with van der Waals surface area (Å²) in [6, 6.07) is 0. The van der Waals surface area contributed by atoms with E-state index in [9.17, 15) is 29.1 Å². The first-order valence-electron chi connectivity index (χ1n) is 12.9. The molecular weight excluding hydrogens is 511 g/mol. The molecule has 0 bridgehead atoms. The van der Waals surface area contributed by atoms with Gasteiger partial charge in [0, 0.05) is 32.1 Å². The molecular formula is C29H33FO9. The predicted molar refractivity (Wildman–Crippen MR) is 134 cm³/mol. The highest BCUT2D eigenvalue weighted by Crippen LogP contribution is 2.71. The zero-order chi connectivity index (χ0) is 29.0. The molecule has 0 aromatic rings. The third-order valence-corrected chi connectivity index (χ3v) is 9.15. The lowest BCUT2D eigenvalue weighted by Crippen LogP contribution is -2.71. The minimum absolute atomic E-state index is 0.0946. The monoisotopic (exact) mass is 544 g/mol. The highest BCUT2D eigenvalue weighted by Gasteiger charge is 2.80. The Kier molecular flexibility index (Phi) is 7.08. The van der Waals surface area contributed by atoms with Gasteiger partial charge in [-0.2, -0.15) is 0 Å². The second kappa shape index (κ2) is 9.66. The average molecular weight is 545 g/mol. The lowest BCUT2D eigenvalue weighted by Gasteiger charge is -2.62. The fourth-order valence-corrected chi connectivity index (χ4v) is 7.87. The summed E-state index contributed by atoms with van der Waals surface area (Å²) in [7, 11) is 0. The van der Waals surface area contributed by atoms with Crippen molar-refractivity contribution in [1.82, 2.24) is 0 Å². The topological polar surface area (TPSA) is 133 Å². The summed E-state index contributed by atoms with van der Waals surface area (Å²) in [6.07, 6.45) is 3.63. The molecule has 0 aromatic heterocycles. The maximum Gasteiger partial charge on any atom is 0.303 e. The van der Waals surface area contributed by atoms with Crippen LogP contribution in [0.3, 0.4) is 0 Å². The van der Waals surface area contributed by atoms with E-state index in [1.165, 1.54) is 30.4 Å². The number of ketones is 2. The third kappa shape index (κ3) is 3.78. The van der Waals surface area contributed by atoms with E-state index in [0.29, 0.717) is 12.0 Å². The maximum atomic E-state index is 17.7. The molecule has 8 atom stereocenters. The minimum Gasteiger partial charge on any atom is -0.458 e. The van der Waals surface area contributed by atoms with Gasteiger partial charge in [-0.05, 0) is 49.3 Å². The van der Waals surface area contributed by atoms with Gasteiger partial charge in [0.25, 0.3) is 0 Å². The van der Waals surface area contributed by atoms with Crippen LogP contribution in [0.1, 0.15) is 46.5 Å². The Hall–Kier alpha value is -3.40. The number of hydrogen-bond acceptors (Lipinski definition) is 9. The average Bonchev–Trinajstić information content (AvgIpc) is 3.11. The molecule has 8 unspecified atom stereocenters. The number of halogens is 1. The van der Waals surface area contributed by atoms with Gasteiger partial charge in [0.15, 0.2) is 18.1 Å². The van der Waals surface area contributed by atoms with E-state index >= 15 is 4.39 Å². The van der Waals surface area contributed by atoms with Gasteiger partial charge in [-0.3, -0.25) is 24.0 Å². The van der Waals surface area contributed by atoms with Crippen LogP contribution in [0.2, 0.25) is 0 Å². The van der Waals surface area contributed by atoms with Crippen LogP contribution in [-0.4, -0.2) is 64.7 Å². The van der Waals surface area contributed by atoms with Gasteiger partial charge in [0.05, 0.1) is 11.5 Å². The number of carbonyl (C=O) groups excluding carboxylic acids is 5. The first kappa shape index (κ1) is 28.6. The number of alkyl halides is 1. The van der Waals surface area contributed by atoms with E-state index in [-0.39, 0.29) is 18.6 Å². The van der Waals surface area contributed by atoms with E-state index < -0.39 is 82.9 Å². The minimum atomic E-state index is -2.36. The summed E-state index contributed by atoms with van der Waals surface area (Å²) in [6.45, 7) is 10.3. The number of ether oxygens (including phenoxy) is 3. The van der Waals surface area contributed by atoms with Crippen molar-refractivity contribution in [3.05, 3.63) is 49.1 Å². The summed E-state index contributed by atoms with van der Waals surface area (Å²) < 4.78 is 34.0. The lowest BCUT2D eigenvalue weighted by atomic mass is 9.44. The smallest absolute Gasteiger partial charge is 0.303 e. The first-order valence-corrected chi connectivity index (χ1v) is 12.9. The number of esters is 3. The summed E-state index contributed by atoms with van der Waals surface area (Å²) in [5.74, 6) is -5.36. The van der Waals surface area contributed by atoms with Gasteiger partial charge < -0.3 is 19.3 Å². The van der Waals surface area contributed by atoms with Crippen molar-refractivity contribution in [2.45, 2.75) is 69.9 Å². The number of Topliss-reactive ketones (excluding diaryl/α,β-unsaturated/α-hetero) is 1. The molecule has 39 heavy (non-hydrogen) atoms. The van der Waals surface area contributed by atoms with Crippen LogP contribution in [0, 0.1) is 22.7 Å². The Morgan fingerprint density at radius 2 is 1.79 bits per heavy atom. The van der Waals surface area contributed by atoms with Gasteiger partial charge >= 0.3 is 17.9 Å². The van der Waals surface area contributed by atoms with Gasteiger partial charge in [-0.25, -0.2) is 4.39 Å². The van der Waals surface area contributed by atoms with Gasteiger partial charge in [-0.15, -0.1) is 13.2 Å². The molecule has 10 heteroatoms. The van der Waals surface area contributed by atoms with Crippen molar-refractivity contribution >= 4 is 29.5 Å². The molecule has 0 spiro atoms. The number of carbonyl (C=O) groups is 5. The number of hydrogen-bond donors (Lipinski definition) is 1. The quantitative estimate of drug-likeness (QED) is 0.292. The third-order valence-electron chi connectivity index (χ3n) is 9.15. The van der Waals surface area contributed by atoms with Crippen LogP contribution in [0.4, 0.5) is 4.39 Å². The van der Waals surface area contributed by atoms with Crippen LogP contribution < -0.4 is 0 Å². The molecule has 4 rings (SSSR count). The van der Waals surface area contributed by atoms with Crippen molar-refractivity contribution in [3.63, 3.8) is 0 Å². The largest absolute Gasteiger partial charge is 0.458 e. The van der Waals surface area contributed by atoms with E-state index in [1.807, 2.05) is 0 Å². The second-order valence-electron chi connectivity index (χ2n) is 10.8. The second-order valence-corrected chi connectivity index (χ2v) is 10.8. The number of fused-ring (bicyclic) bond motifs is 5. The molecule has 0 aliphatic heterocycles. The number of aliphatic hydroxyl groups is 1. The maximum absolute atomic E-state index is 17.7. The zero-order valence-corrected chi connectivity index (χ0v) is 22.2. The van der Waals surface area contributed by atoms with Gasteiger partial charge in [-0.1, -0.05) is 18.2 Å². The van der Waals surface area contributed by atoms with Crippen LogP contribution in [0.25, 0.3) is 0 Å². The van der Waals surface area contributed by atoms with E-state index in [2.05, 4.69) is 13.2 Å². The molecule has 9 nitrogen and oxygen atoms in total. The van der Waals surface area contributed by atoms with Crippen molar-refractivity contribution in [2.75, 3.05) is 6.61 Å². The Balaban J connectivity index is 1.95. The van der Waals surface area contributed by atoms with Crippen molar-refractivity contribution < 1.29 is 47.7 Å². The number of aliphatic hydroxyl groups excluding tert-OH is 1. The molecule has 0 radical (unpaired) electrons.